The van der Waals surface area contributed by atoms with Crippen LogP contribution in [0.15, 0.2) is 24.5 Å². The zero-order valence-electron chi connectivity index (χ0n) is 18.8. The van der Waals surface area contributed by atoms with Gasteiger partial charge >= 0.3 is 0 Å². The molecule has 6 nitrogen and oxygen atoms in total. The van der Waals surface area contributed by atoms with E-state index >= 15 is 0 Å². The molecule has 2 aliphatic rings. The maximum atomic E-state index is 10.4. The second-order valence-corrected chi connectivity index (χ2v) is 9.41. The molecule has 2 aromatic rings. The molecule has 0 aromatic carbocycles. The molecular formula is C24H35N5O. The molecular weight excluding hydrogens is 374 g/mol. The molecule has 2 atom stereocenters. The second kappa shape index (κ2) is 8.60. The van der Waals surface area contributed by atoms with Gasteiger partial charge in [0.15, 0.2) is 5.82 Å². The lowest BCUT2D eigenvalue weighted by atomic mass is 9.98. The summed E-state index contributed by atoms with van der Waals surface area (Å²) < 4.78 is 0. The molecule has 0 saturated carbocycles. The molecule has 1 aliphatic heterocycles. The smallest absolute Gasteiger partial charge is 0.163 e. The molecule has 1 fully saturated rings. The number of hydrogen-bond donors (Lipinski definition) is 1. The number of β-amino-alcohol motifs (C(OH)–C–C–N with tert-alkyl or cyclic N) is 1. The van der Waals surface area contributed by atoms with Gasteiger partial charge in [-0.3, -0.25) is 9.88 Å². The topological polar surface area (TPSA) is 65.4 Å². The Kier molecular flexibility index (Phi) is 6.07. The molecule has 0 bridgehead atoms. The van der Waals surface area contributed by atoms with Gasteiger partial charge in [-0.05, 0) is 58.1 Å². The van der Waals surface area contributed by atoms with E-state index in [4.69, 9.17) is 9.97 Å². The molecule has 6 heteroatoms. The molecule has 0 radical (unpaired) electrons. The number of piperazine rings is 1. The number of aromatic nitrogens is 3. The Labute approximate surface area is 180 Å². The lowest BCUT2D eigenvalue weighted by Gasteiger charge is -2.48. The Balaban J connectivity index is 1.71. The number of hydrogen-bond acceptors (Lipinski definition) is 6. The molecule has 1 saturated heterocycles. The molecule has 0 unspecified atom stereocenters. The third kappa shape index (κ3) is 4.35. The van der Waals surface area contributed by atoms with Crippen molar-refractivity contribution >= 4 is 5.82 Å². The Bertz CT molecular complexity index is 864. The van der Waals surface area contributed by atoms with E-state index in [2.05, 4.69) is 28.6 Å². The summed E-state index contributed by atoms with van der Waals surface area (Å²) in [5, 5.41) is 10.4. The molecule has 4 rings (SSSR count). The molecule has 162 valence electrons. The predicted octanol–water partition coefficient (Wildman–Crippen LogP) is 3.48. The highest BCUT2D eigenvalue weighted by Crippen LogP contribution is 2.35. The minimum absolute atomic E-state index is 0.386. The summed E-state index contributed by atoms with van der Waals surface area (Å²) >= 11 is 0. The number of pyridine rings is 1. The van der Waals surface area contributed by atoms with Crippen molar-refractivity contribution in [2.24, 2.45) is 0 Å². The normalized spacial score (nSPS) is 22.4. The highest BCUT2D eigenvalue weighted by molar-refractivity contribution is 5.61. The maximum absolute atomic E-state index is 10.4. The Morgan fingerprint density at radius 3 is 2.57 bits per heavy atom. The standard InChI is InChI=1S/C24H35N5O/c1-5-18-15-29(19(6-2)14-28(18)16-24(3,4)30)23-20-10-7-11-21(20)26-22(27-23)17-9-8-12-25-13-17/h8-9,12-13,18-19,30H,5-7,10-11,14-16H2,1-4H3/t18-,19+/m1/s1. The highest BCUT2D eigenvalue weighted by Gasteiger charge is 2.37. The van der Waals surface area contributed by atoms with Gasteiger partial charge in [0.25, 0.3) is 0 Å². The summed E-state index contributed by atoms with van der Waals surface area (Å²) in [5.41, 5.74) is 2.85. The average molecular weight is 410 g/mol. The molecule has 30 heavy (non-hydrogen) atoms. The van der Waals surface area contributed by atoms with Crippen LogP contribution in [0.4, 0.5) is 5.82 Å². The molecule has 1 N–H and O–H groups in total. The van der Waals surface area contributed by atoms with Gasteiger partial charge in [-0.1, -0.05) is 13.8 Å². The molecule has 1 aliphatic carbocycles. The minimum atomic E-state index is -0.683. The van der Waals surface area contributed by atoms with E-state index in [0.29, 0.717) is 18.6 Å². The Hall–Kier alpha value is -2.05. The monoisotopic (exact) mass is 409 g/mol. The zero-order valence-corrected chi connectivity index (χ0v) is 18.8. The molecule has 0 amide bonds. The first-order valence-corrected chi connectivity index (χ1v) is 11.4. The fraction of sp³-hybridized carbons (Fsp3) is 0.625. The predicted molar refractivity (Wildman–Crippen MR) is 121 cm³/mol. The fourth-order valence-corrected chi connectivity index (χ4v) is 4.97. The van der Waals surface area contributed by atoms with E-state index in [1.54, 1.807) is 6.20 Å². The van der Waals surface area contributed by atoms with Crippen molar-refractivity contribution in [1.29, 1.82) is 0 Å². The summed E-state index contributed by atoms with van der Waals surface area (Å²) in [6.45, 7) is 10.9. The van der Waals surface area contributed by atoms with Crippen molar-refractivity contribution in [1.82, 2.24) is 19.9 Å². The molecule has 0 spiro atoms. The fourth-order valence-electron chi connectivity index (χ4n) is 4.97. The van der Waals surface area contributed by atoms with Gasteiger partial charge in [0.1, 0.15) is 5.82 Å². The van der Waals surface area contributed by atoms with E-state index in [9.17, 15) is 5.11 Å². The van der Waals surface area contributed by atoms with Crippen LogP contribution in [0.1, 0.15) is 58.2 Å². The van der Waals surface area contributed by atoms with Crippen LogP contribution in [-0.4, -0.2) is 62.3 Å². The summed E-state index contributed by atoms with van der Waals surface area (Å²) in [6.07, 6.45) is 9.01. The summed E-state index contributed by atoms with van der Waals surface area (Å²) in [4.78, 5) is 19.3. The van der Waals surface area contributed by atoms with Crippen molar-refractivity contribution in [3.63, 3.8) is 0 Å². The number of aliphatic hydroxyl groups is 1. The van der Waals surface area contributed by atoms with Crippen molar-refractivity contribution in [2.75, 3.05) is 24.5 Å². The summed E-state index contributed by atoms with van der Waals surface area (Å²) in [6, 6.07) is 4.79. The first kappa shape index (κ1) is 21.2. The zero-order chi connectivity index (χ0) is 21.3. The average Bonchev–Trinajstić information content (AvgIpc) is 3.21. The van der Waals surface area contributed by atoms with Gasteiger partial charge in [0.2, 0.25) is 0 Å². The van der Waals surface area contributed by atoms with E-state index in [0.717, 1.165) is 62.4 Å². The van der Waals surface area contributed by atoms with Crippen LogP contribution in [0.3, 0.4) is 0 Å². The van der Waals surface area contributed by atoms with E-state index in [-0.39, 0.29) is 0 Å². The number of anilines is 1. The van der Waals surface area contributed by atoms with Crippen LogP contribution in [0.2, 0.25) is 0 Å². The number of fused-ring (bicyclic) bond motifs is 1. The van der Waals surface area contributed by atoms with Gasteiger partial charge in [-0.15, -0.1) is 0 Å². The quantitative estimate of drug-likeness (QED) is 0.788. The number of aryl methyl sites for hydroxylation is 1. The lowest BCUT2D eigenvalue weighted by molar-refractivity contribution is 0.00990. The number of nitrogens with zero attached hydrogens (tertiary/aromatic N) is 5. The number of rotatable bonds is 6. The van der Waals surface area contributed by atoms with E-state index in [1.165, 1.54) is 11.3 Å². The third-order valence-corrected chi connectivity index (χ3v) is 6.45. The van der Waals surface area contributed by atoms with Crippen molar-refractivity contribution < 1.29 is 5.11 Å². The lowest BCUT2D eigenvalue weighted by Crippen LogP contribution is -2.60. The van der Waals surface area contributed by atoms with Crippen molar-refractivity contribution in [2.45, 2.75) is 77.5 Å². The third-order valence-electron chi connectivity index (χ3n) is 6.45. The van der Waals surface area contributed by atoms with Gasteiger partial charge in [0.05, 0.1) is 5.60 Å². The van der Waals surface area contributed by atoms with Crippen LogP contribution >= 0.6 is 0 Å². The minimum Gasteiger partial charge on any atom is -0.389 e. The van der Waals surface area contributed by atoms with Crippen LogP contribution in [0.5, 0.6) is 0 Å². The van der Waals surface area contributed by atoms with E-state index in [1.807, 2.05) is 32.2 Å². The van der Waals surface area contributed by atoms with Gasteiger partial charge in [-0.25, -0.2) is 9.97 Å². The second-order valence-electron chi connectivity index (χ2n) is 9.41. The van der Waals surface area contributed by atoms with Crippen molar-refractivity contribution in [3.05, 3.63) is 35.8 Å². The molecule has 2 aromatic heterocycles. The first-order chi connectivity index (χ1) is 14.4. The Morgan fingerprint density at radius 1 is 1.10 bits per heavy atom. The summed E-state index contributed by atoms with van der Waals surface area (Å²) in [7, 11) is 0. The van der Waals surface area contributed by atoms with Crippen LogP contribution in [-0.2, 0) is 12.8 Å². The van der Waals surface area contributed by atoms with E-state index < -0.39 is 5.60 Å². The van der Waals surface area contributed by atoms with Gasteiger partial charge < -0.3 is 10.0 Å². The Morgan fingerprint density at radius 2 is 1.90 bits per heavy atom. The van der Waals surface area contributed by atoms with Crippen molar-refractivity contribution in [3.8, 4) is 11.4 Å². The van der Waals surface area contributed by atoms with Gasteiger partial charge in [0, 0.05) is 60.9 Å². The first-order valence-electron chi connectivity index (χ1n) is 11.4. The SMILES string of the molecule is CC[C@@H]1CN(c2nc(-c3cccnc3)nc3c2CCC3)[C@@H](CC)CN1CC(C)(C)O. The van der Waals surface area contributed by atoms with Crippen LogP contribution < -0.4 is 4.90 Å². The maximum Gasteiger partial charge on any atom is 0.163 e. The van der Waals surface area contributed by atoms with Crippen LogP contribution in [0.25, 0.3) is 11.4 Å². The largest absolute Gasteiger partial charge is 0.389 e. The molecule has 3 heterocycles. The van der Waals surface area contributed by atoms with Gasteiger partial charge in [-0.2, -0.15) is 0 Å². The van der Waals surface area contributed by atoms with Crippen LogP contribution in [0, 0.1) is 0 Å². The summed E-state index contributed by atoms with van der Waals surface area (Å²) in [5.74, 6) is 1.92. The highest BCUT2D eigenvalue weighted by atomic mass is 16.3.